The highest BCUT2D eigenvalue weighted by molar-refractivity contribution is 6.30. The van der Waals surface area contributed by atoms with Crippen LogP contribution in [-0.2, 0) is 4.74 Å². The third-order valence-electron chi connectivity index (χ3n) is 2.38. The van der Waals surface area contributed by atoms with Gasteiger partial charge in [0.05, 0.1) is 18.2 Å². The topological polar surface area (TPSA) is 25.4 Å². The zero-order valence-electron chi connectivity index (χ0n) is 10.5. The van der Waals surface area contributed by atoms with Gasteiger partial charge in [-0.1, -0.05) is 11.6 Å². The van der Waals surface area contributed by atoms with Crippen molar-refractivity contribution in [2.45, 2.75) is 19.9 Å². The summed E-state index contributed by atoms with van der Waals surface area (Å²) >= 11 is 11.2. The first kappa shape index (κ1) is 15.5. The molecule has 3 nitrogen and oxygen atoms in total. The van der Waals surface area contributed by atoms with E-state index in [0.29, 0.717) is 36.5 Å². The molecule has 1 aromatic rings. The number of anilines is 1. The predicted octanol–water partition coefficient (Wildman–Crippen LogP) is 3.34. The summed E-state index contributed by atoms with van der Waals surface area (Å²) in [5.74, 6) is 0.326. The number of nitrogens with zero attached hydrogens (tertiary/aromatic N) is 2. The molecule has 1 heterocycles. The molecule has 0 saturated heterocycles. The van der Waals surface area contributed by atoms with Gasteiger partial charge in [0.1, 0.15) is 0 Å². The second-order valence-electron chi connectivity index (χ2n) is 4.05. The molecule has 6 heteroatoms. The highest BCUT2D eigenvalue weighted by Crippen LogP contribution is 2.21. The van der Waals surface area contributed by atoms with E-state index in [4.69, 9.17) is 27.9 Å². The number of alkyl halides is 1. The lowest BCUT2D eigenvalue weighted by atomic mass is 10.3. The Bertz CT molecular complexity index is 377. The smallest absolute Gasteiger partial charge is 0.167 e. The van der Waals surface area contributed by atoms with E-state index in [0.717, 1.165) is 0 Å². The maximum absolute atomic E-state index is 13.8. The van der Waals surface area contributed by atoms with E-state index in [2.05, 4.69) is 4.98 Å². The summed E-state index contributed by atoms with van der Waals surface area (Å²) in [5.41, 5.74) is 0. The van der Waals surface area contributed by atoms with Crippen LogP contribution in [0.4, 0.5) is 10.2 Å². The van der Waals surface area contributed by atoms with Crippen molar-refractivity contribution in [2.24, 2.45) is 0 Å². The minimum Gasteiger partial charge on any atom is -0.378 e. The summed E-state index contributed by atoms with van der Waals surface area (Å²) in [5, 5.41) is 0.290. The first-order valence-electron chi connectivity index (χ1n) is 5.77. The Morgan fingerprint density at radius 3 is 2.72 bits per heavy atom. The third-order valence-corrected chi connectivity index (χ3v) is 2.74. The molecule has 0 amide bonds. The number of halogens is 3. The molecule has 1 rings (SSSR count). The van der Waals surface area contributed by atoms with Gasteiger partial charge in [0.25, 0.3) is 0 Å². The van der Waals surface area contributed by atoms with Gasteiger partial charge >= 0.3 is 0 Å². The van der Waals surface area contributed by atoms with E-state index in [1.807, 2.05) is 18.7 Å². The van der Waals surface area contributed by atoms with Gasteiger partial charge in [-0.2, -0.15) is 0 Å². The molecular weight excluding hydrogens is 278 g/mol. The summed E-state index contributed by atoms with van der Waals surface area (Å²) in [4.78, 5) is 5.87. The van der Waals surface area contributed by atoms with Crippen molar-refractivity contribution < 1.29 is 9.13 Å². The minimum absolute atomic E-state index is 0.118. The Morgan fingerprint density at radius 1 is 1.44 bits per heavy atom. The molecule has 0 aliphatic carbocycles. The van der Waals surface area contributed by atoms with Crippen molar-refractivity contribution in [1.82, 2.24) is 4.98 Å². The minimum atomic E-state index is -0.423. The molecular formula is C12H17Cl2FN2O. The zero-order chi connectivity index (χ0) is 13.5. The molecule has 0 bridgehead atoms. The van der Waals surface area contributed by atoms with Gasteiger partial charge in [0, 0.05) is 24.7 Å². The number of pyridine rings is 1. The highest BCUT2D eigenvalue weighted by atomic mass is 35.5. The average molecular weight is 295 g/mol. The van der Waals surface area contributed by atoms with Crippen molar-refractivity contribution in [3.8, 4) is 0 Å². The molecule has 102 valence electrons. The number of rotatable bonds is 7. The van der Waals surface area contributed by atoms with Crippen LogP contribution in [0.2, 0.25) is 5.02 Å². The summed E-state index contributed by atoms with van der Waals surface area (Å²) < 4.78 is 19.1. The number of aromatic nitrogens is 1. The molecule has 0 spiro atoms. The molecule has 0 N–H and O–H groups in total. The summed E-state index contributed by atoms with van der Waals surface area (Å²) in [6.45, 7) is 5.47. The van der Waals surface area contributed by atoms with Crippen LogP contribution in [0.15, 0.2) is 12.3 Å². The van der Waals surface area contributed by atoms with Crippen LogP contribution in [0.1, 0.15) is 13.8 Å². The standard InChI is InChI=1S/C12H17Cl2FN2O/c1-9(2)17(4-6-18-5-3-13)12-11(15)7-10(14)8-16-12/h7-9H,3-6H2,1-2H3. The van der Waals surface area contributed by atoms with Crippen molar-refractivity contribution in [1.29, 1.82) is 0 Å². The van der Waals surface area contributed by atoms with E-state index in [1.165, 1.54) is 12.3 Å². The van der Waals surface area contributed by atoms with E-state index >= 15 is 0 Å². The Hall–Kier alpha value is -0.580. The lowest BCUT2D eigenvalue weighted by Crippen LogP contribution is -2.35. The van der Waals surface area contributed by atoms with Gasteiger partial charge in [0.2, 0.25) is 0 Å². The van der Waals surface area contributed by atoms with Crippen molar-refractivity contribution in [3.63, 3.8) is 0 Å². The van der Waals surface area contributed by atoms with Crippen molar-refractivity contribution >= 4 is 29.0 Å². The van der Waals surface area contributed by atoms with Crippen LogP contribution in [0.25, 0.3) is 0 Å². The van der Waals surface area contributed by atoms with E-state index in [-0.39, 0.29) is 6.04 Å². The Morgan fingerprint density at radius 2 is 2.17 bits per heavy atom. The van der Waals surface area contributed by atoms with Gasteiger partial charge in [0.15, 0.2) is 11.6 Å². The molecule has 1 aromatic heterocycles. The number of hydrogen-bond donors (Lipinski definition) is 0. The molecule has 18 heavy (non-hydrogen) atoms. The normalized spacial score (nSPS) is 11.0. The van der Waals surface area contributed by atoms with Crippen LogP contribution in [0.5, 0.6) is 0 Å². The second-order valence-corrected chi connectivity index (χ2v) is 4.86. The largest absolute Gasteiger partial charge is 0.378 e. The number of ether oxygens (including phenoxy) is 1. The fraction of sp³-hybridized carbons (Fsp3) is 0.583. The van der Waals surface area contributed by atoms with Crippen LogP contribution in [0.3, 0.4) is 0 Å². The Balaban J connectivity index is 2.71. The van der Waals surface area contributed by atoms with Crippen molar-refractivity contribution in [2.75, 3.05) is 30.5 Å². The van der Waals surface area contributed by atoms with Crippen LogP contribution >= 0.6 is 23.2 Å². The Labute approximate surface area is 117 Å². The lowest BCUT2D eigenvalue weighted by Gasteiger charge is -2.28. The van der Waals surface area contributed by atoms with E-state index < -0.39 is 5.82 Å². The molecule has 0 fully saturated rings. The Kier molecular flexibility index (Phi) is 6.68. The maximum Gasteiger partial charge on any atom is 0.167 e. The molecule has 0 aliphatic heterocycles. The maximum atomic E-state index is 13.8. The fourth-order valence-corrected chi connectivity index (χ4v) is 1.80. The summed E-state index contributed by atoms with van der Waals surface area (Å²) in [6.07, 6.45) is 1.44. The van der Waals surface area contributed by atoms with E-state index in [1.54, 1.807) is 0 Å². The van der Waals surface area contributed by atoms with Gasteiger partial charge in [-0.05, 0) is 19.9 Å². The molecule has 0 aromatic carbocycles. The molecule has 0 aliphatic rings. The first-order chi connectivity index (χ1) is 8.56. The molecule has 0 saturated carbocycles. The third kappa shape index (κ3) is 4.59. The van der Waals surface area contributed by atoms with Gasteiger partial charge in [-0.25, -0.2) is 9.37 Å². The molecule has 0 radical (unpaired) electrons. The SMILES string of the molecule is CC(C)N(CCOCCCl)c1ncc(Cl)cc1F. The molecule has 0 atom stereocenters. The van der Waals surface area contributed by atoms with Crippen molar-refractivity contribution in [3.05, 3.63) is 23.1 Å². The monoisotopic (exact) mass is 294 g/mol. The number of hydrogen-bond acceptors (Lipinski definition) is 3. The van der Waals surface area contributed by atoms with Crippen LogP contribution < -0.4 is 4.90 Å². The molecule has 0 unspecified atom stereocenters. The fourth-order valence-electron chi connectivity index (χ4n) is 1.55. The van der Waals surface area contributed by atoms with Gasteiger partial charge < -0.3 is 9.64 Å². The van der Waals surface area contributed by atoms with E-state index in [9.17, 15) is 4.39 Å². The lowest BCUT2D eigenvalue weighted by molar-refractivity contribution is 0.154. The van der Waals surface area contributed by atoms with Gasteiger partial charge in [-0.15, -0.1) is 11.6 Å². The quantitative estimate of drug-likeness (QED) is 0.570. The second kappa shape index (κ2) is 7.77. The zero-order valence-corrected chi connectivity index (χ0v) is 12.0. The summed E-state index contributed by atoms with van der Waals surface area (Å²) in [6, 6.07) is 1.38. The predicted molar refractivity (Wildman–Crippen MR) is 73.2 cm³/mol. The van der Waals surface area contributed by atoms with Gasteiger partial charge in [-0.3, -0.25) is 0 Å². The summed E-state index contributed by atoms with van der Waals surface area (Å²) in [7, 11) is 0. The van der Waals surface area contributed by atoms with Crippen LogP contribution in [0, 0.1) is 5.82 Å². The average Bonchev–Trinajstić information content (AvgIpc) is 2.30. The first-order valence-corrected chi connectivity index (χ1v) is 6.69. The highest BCUT2D eigenvalue weighted by Gasteiger charge is 2.16. The van der Waals surface area contributed by atoms with Crippen LogP contribution in [-0.4, -0.2) is 36.7 Å².